The molecule has 0 nitrogen and oxygen atoms in total. The first-order valence-electron chi connectivity index (χ1n) is 12.0. The molecule has 0 aromatic heterocycles. The minimum atomic E-state index is 0.932. The third-order valence-corrected chi connectivity index (χ3v) is 6.96. The van der Waals surface area contributed by atoms with E-state index in [1.165, 1.54) is 67.7 Å². The summed E-state index contributed by atoms with van der Waals surface area (Å²) in [6, 6.07) is 13.5. The smallest absolute Gasteiger partial charge is 0.0149 e. The topological polar surface area (TPSA) is 0 Å². The Morgan fingerprint density at radius 2 is 1.29 bits per heavy atom. The number of hydrogen-bond donors (Lipinski definition) is 0. The van der Waals surface area contributed by atoms with Crippen molar-refractivity contribution in [1.29, 1.82) is 0 Å². The average Bonchev–Trinajstić information content (AvgIpc) is 2.70. The Hall–Kier alpha value is -1.30. The molecular formula is C28H44. The molecule has 2 saturated carbocycles. The predicted octanol–water partition coefficient (Wildman–Crippen LogP) is 8.99. The Morgan fingerprint density at radius 1 is 0.750 bits per heavy atom. The molecule has 2 aromatic carbocycles. The zero-order valence-electron chi connectivity index (χ0n) is 19.4. The molecule has 0 saturated heterocycles. The molecule has 156 valence electrons. The van der Waals surface area contributed by atoms with Crippen LogP contribution in [0.25, 0.3) is 10.8 Å². The molecule has 2 aromatic rings. The largest absolute Gasteiger partial charge is 0.0683 e. The molecule has 28 heavy (non-hydrogen) atoms. The lowest BCUT2D eigenvalue weighted by Crippen LogP contribution is -2.24. The Balaban J connectivity index is 0.000000236. The first-order valence-corrected chi connectivity index (χ1v) is 12.0. The summed E-state index contributed by atoms with van der Waals surface area (Å²) >= 11 is 0. The molecule has 2 fully saturated rings. The number of hydrogen-bond acceptors (Lipinski definition) is 0. The highest BCUT2D eigenvalue weighted by Gasteiger charge is 2.27. The van der Waals surface area contributed by atoms with Gasteiger partial charge < -0.3 is 0 Å². The molecule has 4 rings (SSSR count). The molecule has 0 aliphatic heterocycles. The summed E-state index contributed by atoms with van der Waals surface area (Å²) in [7, 11) is 0. The van der Waals surface area contributed by atoms with Crippen LogP contribution in [0.5, 0.6) is 0 Å². The maximum absolute atomic E-state index is 2.37. The van der Waals surface area contributed by atoms with Gasteiger partial charge in [-0.2, -0.15) is 0 Å². The van der Waals surface area contributed by atoms with Gasteiger partial charge in [0.05, 0.1) is 0 Å². The van der Waals surface area contributed by atoms with Crippen LogP contribution in [0.4, 0.5) is 0 Å². The monoisotopic (exact) mass is 380 g/mol. The van der Waals surface area contributed by atoms with Crippen LogP contribution in [0, 0.1) is 30.6 Å². The van der Waals surface area contributed by atoms with Crippen LogP contribution in [0.3, 0.4) is 0 Å². The second-order valence-electron chi connectivity index (χ2n) is 9.27. The molecule has 0 bridgehead atoms. The lowest BCUT2D eigenvalue weighted by Gasteiger charge is -2.35. The van der Waals surface area contributed by atoms with Crippen LogP contribution < -0.4 is 0 Å². The normalized spacial score (nSPS) is 26.4. The Morgan fingerprint density at radius 3 is 1.82 bits per heavy atom. The van der Waals surface area contributed by atoms with Crippen molar-refractivity contribution >= 4 is 10.8 Å². The minimum absolute atomic E-state index is 0.932. The standard InChI is InChI=1S/C18H22.C8H16.C2H6/c1-3-14-10-15(11-14)12-16-9-8-13(2)17-6-4-5-7-18(16)17;1-7-3-5-8(2)6-4-7;1-2/h4-9,14-15H,3,10-12H2,1-2H3;7-8H,3-6H2,1-2H3;1-2H3. The molecule has 0 heterocycles. The molecule has 2 aliphatic rings. The summed E-state index contributed by atoms with van der Waals surface area (Å²) in [5.41, 5.74) is 2.95. The zero-order valence-corrected chi connectivity index (χ0v) is 19.4. The van der Waals surface area contributed by atoms with Crippen molar-refractivity contribution in [2.75, 3.05) is 0 Å². The summed E-state index contributed by atoms with van der Waals surface area (Å²) in [5.74, 6) is 3.98. The summed E-state index contributed by atoms with van der Waals surface area (Å²) in [4.78, 5) is 0. The summed E-state index contributed by atoms with van der Waals surface area (Å²) in [6.45, 7) is 13.3. The van der Waals surface area contributed by atoms with Gasteiger partial charge in [-0.3, -0.25) is 0 Å². The lowest BCUT2D eigenvalue weighted by atomic mass is 9.71. The van der Waals surface area contributed by atoms with Gasteiger partial charge in [0.15, 0.2) is 0 Å². The number of fused-ring (bicyclic) bond motifs is 1. The Kier molecular flexibility index (Phi) is 9.56. The fraction of sp³-hybridized carbons (Fsp3) is 0.643. The summed E-state index contributed by atoms with van der Waals surface area (Å²) in [6.07, 6.45) is 11.4. The van der Waals surface area contributed by atoms with Crippen LogP contribution in [0.2, 0.25) is 0 Å². The highest BCUT2D eigenvalue weighted by molar-refractivity contribution is 5.88. The van der Waals surface area contributed by atoms with E-state index >= 15 is 0 Å². The Labute approximate surface area is 175 Å². The molecule has 0 unspecified atom stereocenters. The van der Waals surface area contributed by atoms with E-state index in [1.54, 1.807) is 5.56 Å². The summed E-state index contributed by atoms with van der Waals surface area (Å²) < 4.78 is 0. The summed E-state index contributed by atoms with van der Waals surface area (Å²) in [5, 5.41) is 2.90. The zero-order chi connectivity index (χ0) is 20.5. The van der Waals surface area contributed by atoms with E-state index in [0.29, 0.717) is 0 Å². The highest BCUT2D eigenvalue weighted by Crippen LogP contribution is 2.39. The molecule has 0 amide bonds. The van der Waals surface area contributed by atoms with E-state index in [2.05, 4.69) is 64.1 Å². The van der Waals surface area contributed by atoms with Gasteiger partial charge in [-0.15, -0.1) is 0 Å². The molecule has 0 N–H and O–H groups in total. The fourth-order valence-electron chi connectivity index (χ4n) is 4.80. The van der Waals surface area contributed by atoms with Crippen molar-refractivity contribution in [1.82, 2.24) is 0 Å². The van der Waals surface area contributed by atoms with Crippen LogP contribution in [0.1, 0.15) is 90.7 Å². The van der Waals surface area contributed by atoms with Gasteiger partial charge in [0.1, 0.15) is 0 Å². The van der Waals surface area contributed by atoms with Crippen molar-refractivity contribution in [3.8, 4) is 0 Å². The third kappa shape index (κ3) is 6.36. The van der Waals surface area contributed by atoms with E-state index in [9.17, 15) is 0 Å². The molecule has 0 spiro atoms. The third-order valence-electron chi connectivity index (χ3n) is 6.96. The maximum Gasteiger partial charge on any atom is -0.0149 e. The second-order valence-corrected chi connectivity index (χ2v) is 9.27. The van der Waals surface area contributed by atoms with Crippen LogP contribution in [0.15, 0.2) is 36.4 Å². The van der Waals surface area contributed by atoms with E-state index in [0.717, 1.165) is 23.7 Å². The van der Waals surface area contributed by atoms with Crippen molar-refractivity contribution < 1.29 is 0 Å². The van der Waals surface area contributed by atoms with Crippen molar-refractivity contribution in [3.05, 3.63) is 47.5 Å². The van der Waals surface area contributed by atoms with E-state index in [4.69, 9.17) is 0 Å². The van der Waals surface area contributed by atoms with Gasteiger partial charge in [0, 0.05) is 0 Å². The quantitative estimate of drug-likeness (QED) is 0.498. The van der Waals surface area contributed by atoms with Gasteiger partial charge >= 0.3 is 0 Å². The van der Waals surface area contributed by atoms with Gasteiger partial charge in [-0.25, -0.2) is 0 Å². The second kappa shape index (κ2) is 11.6. The van der Waals surface area contributed by atoms with Gasteiger partial charge in [-0.05, 0) is 71.8 Å². The van der Waals surface area contributed by atoms with Crippen molar-refractivity contribution in [2.45, 2.75) is 92.9 Å². The molecule has 2 aliphatic carbocycles. The maximum atomic E-state index is 2.37. The van der Waals surface area contributed by atoms with Crippen LogP contribution in [-0.2, 0) is 6.42 Å². The van der Waals surface area contributed by atoms with E-state index in [1.807, 2.05) is 13.8 Å². The fourth-order valence-corrected chi connectivity index (χ4v) is 4.80. The molecule has 0 heteroatoms. The minimum Gasteiger partial charge on any atom is -0.0683 e. The van der Waals surface area contributed by atoms with E-state index < -0.39 is 0 Å². The number of rotatable bonds is 3. The molecule has 0 atom stereocenters. The molecule has 0 radical (unpaired) electrons. The van der Waals surface area contributed by atoms with E-state index in [-0.39, 0.29) is 0 Å². The van der Waals surface area contributed by atoms with Crippen LogP contribution in [-0.4, -0.2) is 0 Å². The highest BCUT2D eigenvalue weighted by atomic mass is 14.3. The van der Waals surface area contributed by atoms with Gasteiger partial charge in [0.2, 0.25) is 0 Å². The molecular weight excluding hydrogens is 336 g/mol. The van der Waals surface area contributed by atoms with Crippen molar-refractivity contribution in [3.63, 3.8) is 0 Å². The van der Waals surface area contributed by atoms with Gasteiger partial charge in [0.25, 0.3) is 0 Å². The SMILES string of the molecule is CC.CC1CCC(C)CC1.CCC1CC(Cc2ccc(C)c3ccccc23)C1. The number of aryl methyl sites for hydroxylation is 1. The van der Waals surface area contributed by atoms with Crippen LogP contribution >= 0.6 is 0 Å². The average molecular weight is 381 g/mol. The van der Waals surface area contributed by atoms with Crippen molar-refractivity contribution in [2.24, 2.45) is 23.7 Å². The first kappa shape index (κ1) is 23.0. The first-order chi connectivity index (χ1) is 13.6. The Bertz CT molecular complexity index is 674. The predicted molar refractivity (Wildman–Crippen MR) is 127 cm³/mol. The number of benzene rings is 2. The van der Waals surface area contributed by atoms with Gasteiger partial charge in [-0.1, -0.05) is 103 Å². The lowest BCUT2D eigenvalue weighted by molar-refractivity contribution is 0.187.